The van der Waals surface area contributed by atoms with Crippen molar-refractivity contribution in [2.45, 2.75) is 130 Å². The Morgan fingerprint density at radius 1 is 0.918 bits per heavy atom. The van der Waals surface area contributed by atoms with E-state index in [1.165, 1.54) is 18.7 Å². The van der Waals surface area contributed by atoms with Gasteiger partial charge in [0.05, 0.1) is 34.8 Å². The molecule has 392 valence electrons. The minimum absolute atomic E-state index is 0.0415. The maximum absolute atomic E-state index is 14.8. The number of ketones is 1. The van der Waals surface area contributed by atoms with E-state index >= 15 is 0 Å². The summed E-state index contributed by atoms with van der Waals surface area (Å²) >= 11 is 0. The van der Waals surface area contributed by atoms with Crippen LogP contribution in [0.3, 0.4) is 0 Å². The van der Waals surface area contributed by atoms with Gasteiger partial charge < -0.3 is 49.8 Å². The third kappa shape index (κ3) is 11.5. The zero-order valence-electron chi connectivity index (χ0n) is 43.2. The summed E-state index contributed by atoms with van der Waals surface area (Å²) in [4.78, 5) is 72.6. The topological polar surface area (TPSA) is 223 Å². The molecule has 0 saturated carbocycles. The van der Waals surface area contributed by atoms with Gasteiger partial charge in [-0.3, -0.25) is 34.1 Å². The van der Waals surface area contributed by atoms with E-state index in [2.05, 4.69) is 41.1 Å². The highest BCUT2D eigenvalue weighted by atomic mass is 16.7. The molecule has 2 unspecified atom stereocenters. The summed E-state index contributed by atoms with van der Waals surface area (Å²) in [7, 11) is 0. The predicted octanol–water partition coefficient (Wildman–Crippen LogP) is 5.74. The van der Waals surface area contributed by atoms with Crippen LogP contribution in [0.15, 0.2) is 76.5 Å². The van der Waals surface area contributed by atoms with Crippen LogP contribution in [-0.2, 0) is 30.4 Å². The van der Waals surface area contributed by atoms with E-state index < -0.39 is 71.4 Å². The molecule has 73 heavy (non-hydrogen) atoms. The lowest BCUT2D eigenvalue weighted by Gasteiger charge is -2.36. The summed E-state index contributed by atoms with van der Waals surface area (Å²) in [5.41, 5.74) is 0.606. The molecule has 3 aromatic rings. The van der Waals surface area contributed by atoms with Crippen LogP contribution in [0.5, 0.6) is 17.2 Å². The van der Waals surface area contributed by atoms with Crippen LogP contribution in [0.2, 0.25) is 0 Å². The van der Waals surface area contributed by atoms with E-state index in [-0.39, 0.29) is 80.5 Å². The normalized spacial score (nSPS) is 27.8. The van der Waals surface area contributed by atoms with Crippen molar-refractivity contribution in [1.29, 1.82) is 0 Å². The number of aromatic hydroxyl groups is 2. The predicted molar refractivity (Wildman–Crippen MR) is 274 cm³/mol. The second-order valence-electron chi connectivity index (χ2n) is 21.2. The van der Waals surface area contributed by atoms with Crippen molar-refractivity contribution >= 4 is 40.0 Å². The van der Waals surface area contributed by atoms with Crippen LogP contribution in [-0.4, -0.2) is 134 Å². The van der Waals surface area contributed by atoms with Crippen molar-refractivity contribution in [3.63, 3.8) is 0 Å². The van der Waals surface area contributed by atoms with Crippen LogP contribution in [0.1, 0.15) is 108 Å². The summed E-state index contributed by atoms with van der Waals surface area (Å²) in [6.07, 6.45) is 6.50. The van der Waals surface area contributed by atoms with Crippen molar-refractivity contribution in [3.05, 3.63) is 93.9 Å². The standard InChI is InChI=1S/C56H72N6O11/c1-33(2)31-61-24-20-56(21-25-61)58-47-44-45-50(67)37(6)52-46(44)53(69)55(7,73-52)71-28-12-11-19-41(72-43(66)30-42(65)62-23-14-22-60(26-27-62)32-38-17-9-8-10-18-38)36(5)40(64)29-39(63)34(3)15-13-16-35(4)54(70)57-49(51(45)68)48(47)59-56/h8-10,12-13,15-18,28,33-34,36,39-41,63-64,67-68H,11,14,19-27,29-32H2,1-7H3,(H,57,70)/b15-13+,28-12+,35-16-/t34?,36-,39-,40?,41-,55+/m1/s1. The number of esters is 1. The van der Waals surface area contributed by atoms with Gasteiger partial charge in [-0.2, -0.15) is 0 Å². The number of anilines is 1. The minimum Gasteiger partial charge on any atom is -0.507 e. The van der Waals surface area contributed by atoms with Gasteiger partial charge in [-0.25, -0.2) is 0 Å². The first-order valence-electron chi connectivity index (χ1n) is 25.9. The highest BCUT2D eigenvalue weighted by Gasteiger charge is 2.50. The van der Waals surface area contributed by atoms with Gasteiger partial charge in [0.15, 0.2) is 11.4 Å². The van der Waals surface area contributed by atoms with Crippen LogP contribution in [0, 0.1) is 24.7 Å². The molecule has 6 heterocycles. The van der Waals surface area contributed by atoms with Crippen LogP contribution in [0.4, 0.5) is 5.69 Å². The molecule has 2 fully saturated rings. The molecule has 17 nitrogen and oxygen atoms in total. The van der Waals surface area contributed by atoms with Crippen molar-refractivity contribution in [1.82, 2.24) is 14.7 Å². The zero-order chi connectivity index (χ0) is 52.4. The Kier molecular flexibility index (Phi) is 16.1. The molecular weight excluding hydrogens is 933 g/mol. The molecule has 5 bridgehead atoms. The van der Waals surface area contributed by atoms with Crippen LogP contribution < -0.4 is 20.8 Å². The Bertz CT molecular complexity index is 2820. The molecule has 0 radical (unpaired) electrons. The number of benzene rings is 3. The summed E-state index contributed by atoms with van der Waals surface area (Å²) < 4.78 is 18.4. The number of amides is 2. The number of allylic oxidation sites excluding steroid dienone is 3. The number of likely N-dealkylation sites (tertiary alicyclic amines) is 1. The third-order valence-corrected chi connectivity index (χ3v) is 15.1. The Morgan fingerprint density at radius 3 is 2.37 bits per heavy atom. The SMILES string of the molecule is C/C1=C/C=C/C(C)[C@H](O)CC(O)[C@@H](C)[C@H](OC(=O)CC(=O)N2CCCN(Cc3ccccc3)CC2)CC/C=C/O[C@@]2(C)Oc3c(C)c(O)c4c(O)c(c5c(c4c3C2=O)=NC2(CCN(CC(C)C)CC2)N=5)NC1=O. The molecule has 6 aliphatic heterocycles. The molecule has 17 heteroatoms. The second kappa shape index (κ2) is 22.1. The van der Waals surface area contributed by atoms with E-state index in [1.807, 2.05) is 18.2 Å². The lowest BCUT2D eigenvalue weighted by molar-refractivity contribution is -0.158. The number of hydrogen-bond donors (Lipinski definition) is 5. The molecule has 0 aliphatic carbocycles. The first kappa shape index (κ1) is 53.2. The molecule has 2 amide bonds. The molecule has 6 atom stereocenters. The number of rotatable bonds is 7. The van der Waals surface area contributed by atoms with E-state index in [0.717, 1.165) is 26.1 Å². The lowest BCUT2D eigenvalue weighted by atomic mass is 9.88. The second-order valence-corrected chi connectivity index (χ2v) is 21.2. The van der Waals surface area contributed by atoms with Gasteiger partial charge in [-0.05, 0) is 50.7 Å². The smallest absolute Gasteiger partial charge is 0.315 e. The molecule has 1 spiro atoms. The number of ether oxygens (including phenoxy) is 3. The maximum Gasteiger partial charge on any atom is 0.315 e. The van der Waals surface area contributed by atoms with E-state index in [0.29, 0.717) is 51.5 Å². The number of carbonyl (C=O) groups excluding carboxylic acids is 4. The molecule has 9 rings (SSSR count). The lowest BCUT2D eigenvalue weighted by Crippen LogP contribution is -2.43. The van der Waals surface area contributed by atoms with Gasteiger partial charge in [-0.15, -0.1) is 0 Å². The number of nitrogens with one attached hydrogen (secondary N) is 1. The third-order valence-electron chi connectivity index (χ3n) is 15.1. The molecular formula is C56H72N6O11. The van der Waals surface area contributed by atoms with Gasteiger partial charge in [0.1, 0.15) is 35.1 Å². The Balaban J connectivity index is 1.08. The molecule has 2 saturated heterocycles. The summed E-state index contributed by atoms with van der Waals surface area (Å²) in [6, 6.07) is 10.1. The molecule has 0 aromatic heterocycles. The Hall–Kier alpha value is -6.14. The number of Topliss-reactive ketones (excluding diaryl/α,β-unsaturated/α-hetero) is 1. The highest BCUT2D eigenvalue weighted by molar-refractivity contribution is 6.19. The van der Waals surface area contributed by atoms with Gasteiger partial charge in [0.25, 0.3) is 11.7 Å². The Labute approximate surface area is 426 Å². The number of aliphatic hydroxyl groups is 2. The van der Waals surface area contributed by atoms with Gasteiger partial charge in [0, 0.05) is 107 Å². The number of hydrogen-bond acceptors (Lipinski definition) is 15. The van der Waals surface area contributed by atoms with E-state index in [9.17, 15) is 39.6 Å². The number of fused-ring (bicyclic) bond motifs is 13. The first-order chi connectivity index (χ1) is 34.8. The van der Waals surface area contributed by atoms with E-state index in [4.69, 9.17) is 24.2 Å². The molecule has 5 N–H and O–H groups in total. The summed E-state index contributed by atoms with van der Waals surface area (Å²) in [5.74, 6) is -5.72. The monoisotopic (exact) mass is 1000 g/mol. The fourth-order valence-electron chi connectivity index (χ4n) is 10.6. The van der Waals surface area contributed by atoms with Crippen molar-refractivity contribution in [2.24, 2.45) is 27.7 Å². The fraction of sp³-hybridized carbons (Fsp3) is 0.536. The van der Waals surface area contributed by atoms with Gasteiger partial charge in [-0.1, -0.05) is 76.3 Å². The molecule has 6 aliphatic rings. The van der Waals surface area contributed by atoms with Crippen LogP contribution >= 0.6 is 0 Å². The average Bonchev–Trinajstić information content (AvgIpc) is 3.73. The summed E-state index contributed by atoms with van der Waals surface area (Å²) in [5, 5.41) is 50.2. The van der Waals surface area contributed by atoms with E-state index in [1.54, 1.807) is 56.9 Å². The zero-order valence-corrected chi connectivity index (χ0v) is 43.2. The van der Waals surface area contributed by atoms with Crippen molar-refractivity contribution < 1.29 is 53.8 Å². The first-order valence-corrected chi connectivity index (χ1v) is 25.9. The number of aliphatic hydroxyl groups excluding tert-OH is 2. The number of phenols is 2. The van der Waals surface area contributed by atoms with Crippen molar-refractivity contribution in [3.8, 4) is 17.2 Å². The minimum atomic E-state index is -1.94. The maximum atomic E-state index is 14.8. The van der Waals surface area contributed by atoms with Gasteiger partial charge >= 0.3 is 11.8 Å². The fourth-order valence-corrected chi connectivity index (χ4v) is 10.6. The number of nitrogens with zero attached hydrogens (tertiary/aromatic N) is 5. The average molecular weight is 1010 g/mol. The van der Waals surface area contributed by atoms with Gasteiger partial charge in [0.2, 0.25) is 5.91 Å². The number of phenolic OH excluding ortho intramolecular Hbond substituents is 2. The largest absolute Gasteiger partial charge is 0.507 e. The molecule has 3 aromatic carbocycles. The van der Waals surface area contributed by atoms with Crippen molar-refractivity contribution in [2.75, 3.05) is 51.1 Å². The highest BCUT2D eigenvalue weighted by Crippen LogP contribution is 2.50. The Morgan fingerprint density at radius 2 is 1.64 bits per heavy atom. The summed E-state index contributed by atoms with van der Waals surface area (Å²) in [6.45, 7) is 17.9. The number of piperidine rings is 1. The van der Waals surface area contributed by atoms with Crippen LogP contribution in [0.25, 0.3) is 10.8 Å². The quantitative estimate of drug-likeness (QED) is 0.108. The number of carbonyl (C=O) groups is 4.